The van der Waals surface area contributed by atoms with E-state index < -0.39 is 0 Å². The molecule has 2 aromatic heterocycles. The lowest BCUT2D eigenvalue weighted by atomic mass is 10.0. The Morgan fingerprint density at radius 2 is 1.82 bits per heavy atom. The van der Waals surface area contributed by atoms with E-state index in [0.717, 1.165) is 32.5 Å². The molecular weight excluding hydrogens is 366 g/mol. The fourth-order valence-corrected chi connectivity index (χ4v) is 4.66. The van der Waals surface area contributed by atoms with Crippen LogP contribution in [0.4, 0.5) is 0 Å². The molecule has 1 aromatic carbocycles. The predicted octanol–water partition coefficient (Wildman–Crippen LogP) is 4.31. The Balaban J connectivity index is 1.28. The van der Waals surface area contributed by atoms with Crippen LogP contribution in [-0.2, 0) is 11.3 Å². The molecule has 146 valence electrons. The number of hydrogen-bond acceptors (Lipinski definition) is 3. The highest BCUT2D eigenvalue weighted by atomic mass is 32.1. The lowest BCUT2D eigenvalue weighted by molar-refractivity contribution is -0.122. The summed E-state index contributed by atoms with van der Waals surface area (Å²) in [5.74, 6) is 0.145. The molecule has 0 radical (unpaired) electrons. The summed E-state index contributed by atoms with van der Waals surface area (Å²) in [6.45, 7) is 3.06. The molecule has 5 heteroatoms. The molecule has 4 rings (SSSR count). The van der Waals surface area contributed by atoms with Crippen LogP contribution in [0.1, 0.15) is 36.4 Å². The van der Waals surface area contributed by atoms with Crippen molar-refractivity contribution in [3.63, 3.8) is 0 Å². The van der Waals surface area contributed by atoms with Crippen molar-refractivity contribution < 1.29 is 4.79 Å². The van der Waals surface area contributed by atoms with Gasteiger partial charge in [0.1, 0.15) is 0 Å². The summed E-state index contributed by atoms with van der Waals surface area (Å²) < 4.78 is 2.13. The second kappa shape index (κ2) is 9.22. The number of carbonyl (C=O) groups is 1. The molecule has 1 aliphatic heterocycles. The van der Waals surface area contributed by atoms with Crippen LogP contribution in [0.15, 0.2) is 71.7 Å². The molecule has 28 heavy (non-hydrogen) atoms. The Hall–Kier alpha value is -2.37. The van der Waals surface area contributed by atoms with Crippen molar-refractivity contribution in [1.29, 1.82) is 0 Å². The maximum Gasteiger partial charge on any atom is 0.222 e. The Morgan fingerprint density at radius 1 is 1.07 bits per heavy atom. The quantitative estimate of drug-likeness (QED) is 0.649. The molecule has 3 aromatic rings. The Labute approximate surface area is 170 Å². The lowest BCUT2D eigenvalue weighted by Gasteiger charge is -2.32. The van der Waals surface area contributed by atoms with Gasteiger partial charge >= 0.3 is 0 Å². The molecule has 0 spiro atoms. The minimum absolute atomic E-state index is 0.0689. The number of aromatic nitrogens is 1. The van der Waals surface area contributed by atoms with Gasteiger partial charge in [-0.3, -0.25) is 9.69 Å². The number of hydrogen-bond donors (Lipinski definition) is 1. The normalized spacial score (nSPS) is 16.7. The third kappa shape index (κ3) is 4.91. The highest BCUT2D eigenvalue weighted by molar-refractivity contribution is 7.08. The van der Waals surface area contributed by atoms with Crippen LogP contribution in [-0.4, -0.2) is 34.5 Å². The van der Waals surface area contributed by atoms with Crippen LogP contribution < -0.4 is 5.32 Å². The number of rotatable bonds is 7. The van der Waals surface area contributed by atoms with E-state index in [1.807, 2.05) is 24.5 Å². The summed E-state index contributed by atoms with van der Waals surface area (Å²) in [6, 6.07) is 17.1. The standard InChI is InChI=1S/C23H27N3OS/c27-23(16-22(20-10-15-28-18-20)26-11-4-5-12-26)24-21-8-13-25(14-9-21)17-19-6-2-1-3-7-19/h1-7,10-12,15,18,21-22H,8-9,13-14,16-17H2,(H,24,27)/t22-/m0/s1. The number of nitrogens with one attached hydrogen (secondary N) is 1. The molecule has 4 nitrogen and oxygen atoms in total. The molecule has 0 aliphatic carbocycles. The van der Waals surface area contributed by atoms with Crippen LogP contribution in [0.3, 0.4) is 0 Å². The molecule has 1 atom stereocenters. The fourth-order valence-electron chi connectivity index (χ4n) is 3.95. The van der Waals surface area contributed by atoms with Gasteiger partial charge in [-0.05, 0) is 52.9 Å². The van der Waals surface area contributed by atoms with E-state index in [2.05, 4.69) is 61.9 Å². The first-order chi connectivity index (χ1) is 13.8. The summed E-state index contributed by atoms with van der Waals surface area (Å²) in [6.07, 6.45) is 6.60. The van der Waals surface area contributed by atoms with Crippen molar-refractivity contribution in [2.45, 2.75) is 37.9 Å². The summed E-state index contributed by atoms with van der Waals surface area (Å²) in [4.78, 5) is 15.2. The smallest absolute Gasteiger partial charge is 0.222 e. The number of thiophene rings is 1. The molecule has 1 saturated heterocycles. The second-order valence-corrected chi connectivity index (χ2v) is 8.29. The topological polar surface area (TPSA) is 37.3 Å². The highest BCUT2D eigenvalue weighted by Crippen LogP contribution is 2.25. The van der Waals surface area contributed by atoms with Gasteiger partial charge in [0.15, 0.2) is 0 Å². The van der Waals surface area contributed by atoms with Gasteiger partial charge in [0.05, 0.1) is 12.5 Å². The molecule has 0 bridgehead atoms. The lowest BCUT2D eigenvalue weighted by Crippen LogP contribution is -2.44. The van der Waals surface area contributed by atoms with E-state index in [1.165, 1.54) is 11.1 Å². The third-order valence-corrected chi connectivity index (χ3v) is 6.20. The zero-order chi connectivity index (χ0) is 19.2. The molecule has 0 saturated carbocycles. The fraction of sp³-hybridized carbons (Fsp3) is 0.348. The Morgan fingerprint density at radius 3 is 2.50 bits per heavy atom. The van der Waals surface area contributed by atoms with E-state index in [9.17, 15) is 4.79 Å². The molecule has 0 unspecified atom stereocenters. The maximum atomic E-state index is 12.7. The third-order valence-electron chi connectivity index (χ3n) is 5.50. The first kappa shape index (κ1) is 19.0. The first-order valence-electron chi connectivity index (χ1n) is 9.98. The molecule has 1 N–H and O–H groups in total. The van der Waals surface area contributed by atoms with Gasteiger partial charge in [-0.1, -0.05) is 30.3 Å². The summed E-state index contributed by atoms with van der Waals surface area (Å²) in [5, 5.41) is 7.50. The maximum absolute atomic E-state index is 12.7. The van der Waals surface area contributed by atoms with Crippen LogP contribution in [0.5, 0.6) is 0 Å². The number of carbonyl (C=O) groups excluding carboxylic acids is 1. The minimum atomic E-state index is 0.0689. The largest absolute Gasteiger partial charge is 0.353 e. The van der Waals surface area contributed by atoms with Crippen molar-refractivity contribution in [3.8, 4) is 0 Å². The van der Waals surface area contributed by atoms with Gasteiger partial charge in [-0.25, -0.2) is 0 Å². The van der Waals surface area contributed by atoms with Crippen molar-refractivity contribution >= 4 is 17.2 Å². The number of benzene rings is 1. The van der Waals surface area contributed by atoms with Gasteiger partial charge in [0.25, 0.3) is 0 Å². The van der Waals surface area contributed by atoms with Gasteiger partial charge in [0, 0.05) is 38.1 Å². The first-order valence-corrected chi connectivity index (χ1v) is 10.9. The van der Waals surface area contributed by atoms with Gasteiger partial charge in [0.2, 0.25) is 5.91 Å². The summed E-state index contributed by atoms with van der Waals surface area (Å²) >= 11 is 1.68. The van der Waals surface area contributed by atoms with E-state index in [4.69, 9.17) is 0 Å². The molecular formula is C23H27N3OS. The Kier molecular flexibility index (Phi) is 6.24. The highest BCUT2D eigenvalue weighted by Gasteiger charge is 2.23. The average Bonchev–Trinajstić information content (AvgIpc) is 3.43. The zero-order valence-electron chi connectivity index (χ0n) is 16.0. The number of amides is 1. The van der Waals surface area contributed by atoms with Crippen molar-refractivity contribution in [1.82, 2.24) is 14.8 Å². The van der Waals surface area contributed by atoms with Crippen LogP contribution >= 0.6 is 11.3 Å². The molecule has 1 amide bonds. The van der Waals surface area contributed by atoms with Crippen molar-refractivity contribution in [2.75, 3.05) is 13.1 Å². The van der Waals surface area contributed by atoms with Crippen LogP contribution in [0.2, 0.25) is 0 Å². The zero-order valence-corrected chi connectivity index (χ0v) is 16.9. The molecule has 1 aliphatic rings. The average molecular weight is 394 g/mol. The van der Waals surface area contributed by atoms with Gasteiger partial charge in [-0.15, -0.1) is 0 Å². The Bertz CT molecular complexity index is 803. The van der Waals surface area contributed by atoms with E-state index in [1.54, 1.807) is 11.3 Å². The van der Waals surface area contributed by atoms with Crippen molar-refractivity contribution in [3.05, 3.63) is 82.8 Å². The monoisotopic (exact) mass is 393 g/mol. The number of piperidine rings is 1. The van der Waals surface area contributed by atoms with Crippen molar-refractivity contribution in [2.24, 2.45) is 0 Å². The minimum Gasteiger partial charge on any atom is -0.353 e. The van der Waals surface area contributed by atoms with E-state index in [-0.39, 0.29) is 18.0 Å². The summed E-state index contributed by atoms with van der Waals surface area (Å²) in [5.41, 5.74) is 2.56. The van der Waals surface area contributed by atoms with Gasteiger partial charge in [-0.2, -0.15) is 11.3 Å². The SMILES string of the molecule is O=C(C[C@@H](c1ccsc1)n1cccc1)NC1CCN(Cc2ccccc2)CC1. The van der Waals surface area contributed by atoms with E-state index in [0.29, 0.717) is 6.42 Å². The molecule has 1 fully saturated rings. The van der Waals surface area contributed by atoms with Crippen LogP contribution in [0.25, 0.3) is 0 Å². The number of likely N-dealkylation sites (tertiary alicyclic amines) is 1. The second-order valence-electron chi connectivity index (χ2n) is 7.51. The summed E-state index contributed by atoms with van der Waals surface area (Å²) in [7, 11) is 0. The van der Waals surface area contributed by atoms with Crippen LogP contribution in [0, 0.1) is 0 Å². The van der Waals surface area contributed by atoms with E-state index >= 15 is 0 Å². The van der Waals surface area contributed by atoms with Gasteiger partial charge < -0.3 is 9.88 Å². The predicted molar refractivity (Wildman–Crippen MR) is 114 cm³/mol. The number of nitrogens with zero attached hydrogens (tertiary/aromatic N) is 2. The molecule has 3 heterocycles.